The second-order valence-corrected chi connectivity index (χ2v) is 2.53. The van der Waals surface area contributed by atoms with E-state index in [4.69, 9.17) is 4.55 Å². The van der Waals surface area contributed by atoms with Crippen LogP contribution in [0.15, 0.2) is 12.7 Å². The zero-order valence-corrected chi connectivity index (χ0v) is 6.60. The van der Waals surface area contributed by atoms with Crippen molar-refractivity contribution in [1.29, 1.82) is 0 Å². The summed E-state index contributed by atoms with van der Waals surface area (Å²) in [5, 5.41) is 0. The Kier molecular flexibility index (Phi) is 5.49. The van der Waals surface area contributed by atoms with Gasteiger partial charge in [-0.25, -0.2) is 0 Å². The summed E-state index contributed by atoms with van der Waals surface area (Å²) in [5.74, 6) is -0.368. The van der Waals surface area contributed by atoms with Crippen molar-refractivity contribution < 1.29 is 13.0 Å². The van der Waals surface area contributed by atoms with Gasteiger partial charge in [0.2, 0.25) is 0 Å². The van der Waals surface area contributed by atoms with E-state index in [1.807, 2.05) is 0 Å². The van der Waals surface area contributed by atoms with E-state index in [2.05, 4.69) is 6.58 Å². The summed E-state index contributed by atoms with van der Waals surface area (Å²) in [5.41, 5.74) is 0. The third-order valence-corrected chi connectivity index (χ3v) is 0.985. The van der Waals surface area contributed by atoms with E-state index in [1.165, 1.54) is 0 Å². The predicted octanol–water partition coefficient (Wildman–Crippen LogP) is 0.118. The molecule has 5 heteroatoms. The summed E-state index contributed by atoms with van der Waals surface area (Å²) in [6.07, 6.45) is 1.12. The van der Waals surface area contributed by atoms with E-state index in [-0.39, 0.29) is 15.7 Å². The van der Waals surface area contributed by atoms with Crippen LogP contribution >= 0.6 is 9.90 Å². The monoisotopic (exact) mass is 156 g/mol. The fraction of sp³-hybridized carbons (Fsp3) is 0.333. The Labute approximate surface area is 52.2 Å². The molecular formula is C3H9O3PS. The van der Waals surface area contributed by atoms with Gasteiger partial charge in [-0.3, -0.25) is 4.55 Å². The Morgan fingerprint density at radius 2 is 2.00 bits per heavy atom. The first-order valence-electron chi connectivity index (χ1n) is 1.62. The maximum Gasteiger partial charge on any atom is 0.268 e. The van der Waals surface area contributed by atoms with Crippen molar-refractivity contribution in [2.24, 2.45) is 0 Å². The van der Waals surface area contributed by atoms with E-state index in [1.54, 1.807) is 0 Å². The fourth-order valence-corrected chi connectivity index (χ4v) is 0.447. The van der Waals surface area contributed by atoms with Gasteiger partial charge < -0.3 is 0 Å². The van der Waals surface area contributed by atoms with E-state index in [0.29, 0.717) is 0 Å². The highest BCUT2D eigenvalue weighted by molar-refractivity contribution is 7.85. The van der Waals surface area contributed by atoms with Crippen molar-refractivity contribution >= 4 is 20.0 Å². The summed E-state index contributed by atoms with van der Waals surface area (Å²) < 4.78 is 27.3. The van der Waals surface area contributed by atoms with Gasteiger partial charge in [-0.05, 0) is 0 Å². The maximum atomic E-state index is 9.72. The van der Waals surface area contributed by atoms with Crippen molar-refractivity contribution in [1.82, 2.24) is 0 Å². The van der Waals surface area contributed by atoms with Crippen LogP contribution in [-0.2, 0) is 10.1 Å². The van der Waals surface area contributed by atoms with Crippen LogP contribution in [0.3, 0.4) is 0 Å². The van der Waals surface area contributed by atoms with E-state index in [0.717, 1.165) is 6.08 Å². The molecule has 0 saturated carbocycles. The quantitative estimate of drug-likeness (QED) is 0.351. The average molecular weight is 156 g/mol. The number of rotatable bonds is 2. The molecule has 0 aliphatic carbocycles. The highest BCUT2D eigenvalue weighted by Crippen LogP contribution is 1.78. The zero-order chi connectivity index (χ0) is 5.91. The zero-order valence-electron chi connectivity index (χ0n) is 4.37. The van der Waals surface area contributed by atoms with E-state index >= 15 is 0 Å². The summed E-state index contributed by atoms with van der Waals surface area (Å²) in [6, 6.07) is 0. The lowest BCUT2D eigenvalue weighted by Gasteiger charge is -1.82. The van der Waals surface area contributed by atoms with Gasteiger partial charge >= 0.3 is 0 Å². The largest absolute Gasteiger partial charge is 0.285 e. The molecule has 0 spiro atoms. The second kappa shape index (κ2) is 4.01. The molecule has 0 fully saturated rings. The summed E-state index contributed by atoms with van der Waals surface area (Å²) in [7, 11) is -3.79. The first-order valence-corrected chi connectivity index (χ1v) is 3.23. The van der Waals surface area contributed by atoms with E-state index in [9.17, 15) is 8.42 Å². The van der Waals surface area contributed by atoms with Crippen LogP contribution < -0.4 is 0 Å². The highest BCUT2D eigenvalue weighted by Gasteiger charge is 1.95. The lowest BCUT2D eigenvalue weighted by Crippen LogP contribution is -1.99. The van der Waals surface area contributed by atoms with Crippen LogP contribution in [0.25, 0.3) is 0 Å². The third-order valence-electron chi connectivity index (χ3n) is 0.328. The van der Waals surface area contributed by atoms with Gasteiger partial charge in [0.25, 0.3) is 10.1 Å². The Hall–Kier alpha value is 0.0800. The molecule has 3 nitrogen and oxygen atoms in total. The SMILES string of the molecule is C=CCS(=O)(=O)O.P. The molecular weight excluding hydrogens is 147 g/mol. The standard InChI is InChI=1S/C3H6O3S.H3P/c1-2-3-7(4,5)6;/h2H,1,3H2,(H,4,5,6);1H3. The smallest absolute Gasteiger partial charge is 0.268 e. The van der Waals surface area contributed by atoms with Gasteiger partial charge in [0.05, 0.1) is 5.75 Å². The third kappa shape index (κ3) is 9.43. The lowest BCUT2D eigenvalue weighted by atomic mass is 10.8. The first kappa shape index (κ1) is 11.0. The molecule has 0 aromatic rings. The summed E-state index contributed by atoms with van der Waals surface area (Å²) in [4.78, 5) is 0. The minimum atomic E-state index is -3.79. The summed E-state index contributed by atoms with van der Waals surface area (Å²) >= 11 is 0. The van der Waals surface area contributed by atoms with Crippen LogP contribution in [0.2, 0.25) is 0 Å². The highest BCUT2D eigenvalue weighted by atomic mass is 32.2. The molecule has 8 heavy (non-hydrogen) atoms. The molecule has 1 unspecified atom stereocenters. The van der Waals surface area contributed by atoms with Crippen LogP contribution in [0.1, 0.15) is 0 Å². The average Bonchev–Trinajstić information content (AvgIpc) is 1.30. The fourth-order valence-electron chi connectivity index (χ4n) is 0.149. The molecule has 0 aromatic heterocycles. The minimum absolute atomic E-state index is 0. The van der Waals surface area contributed by atoms with Gasteiger partial charge in [-0.1, -0.05) is 6.08 Å². The second-order valence-electron chi connectivity index (χ2n) is 1.04. The van der Waals surface area contributed by atoms with Crippen LogP contribution in [0, 0.1) is 0 Å². The van der Waals surface area contributed by atoms with Crippen molar-refractivity contribution in [3.8, 4) is 0 Å². The molecule has 0 aliphatic rings. The molecule has 0 aromatic carbocycles. The molecule has 0 aliphatic heterocycles. The van der Waals surface area contributed by atoms with Crippen molar-refractivity contribution in [2.45, 2.75) is 0 Å². The van der Waals surface area contributed by atoms with Crippen LogP contribution in [0.5, 0.6) is 0 Å². The van der Waals surface area contributed by atoms with Crippen molar-refractivity contribution in [3.63, 3.8) is 0 Å². The molecule has 1 atom stereocenters. The normalized spacial score (nSPS) is 9.62. The van der Waals surface area contributed by atoms with Gasteiger partial charge in [0.1, 0.15) is 0 Å². The van der Waals surface area contributed by atoms with E-state index < -0.39 is 10.1 Å². The number of hydrogen-bond donors (Lipinski definition) is 1. The van der Waals surface area contributed by atoms with Gasteiger partial charge in [-0.15, -0.1) is 6.58 Å². The first-order chi connectivity index (χ1) is 3.06. The van der Waals surface area contributed by atoms with Gasteiger partial charge in [0.15, 0.2) is 0 Å². The topological polar surface area (TPSA) is 54.4 Å². The predicted molar refractivity (Wildman–Crippen MR) is 37.7 cm³/mol. The lowest BCUT2D eigenvalue weighted by molar-refractivity contribution is 0.487. The molecule has 0 bridgehead atoms. The molecule has 0 rings (SSSR count). The molecule has 50 valence electrons. The molecule has 1 N–H and O–H groups in total. The Balaban J connectivity index is 0. The van der Waals surface area contributed by atoms with Crippen molar-refractivity contribution in [2.75, 3.05) is 5.75 Å². The Morgan fingerprint density at radius 1 is 1.62 bits per heavy atom. The number of hydrogen-bond acceptors (Lipinski definition) is 2. The summed E-state index contributed by atoms with van der Waals surface area (Å²) in [6.45, 7) is 3.11. The molecule has 0 heterocycles. The molecule has 0 amide bonds. The minimum Gasteiger partial charge on any atom is -0.285 e. The molecule has 0 radical (unpaired) electrons. The Morgan fingerprint density at radius 3 is 2.00 bits per heavy atom. The maximum absolute atomic E-state index is 9.72. The van der Waals surface area contributed by atoms with Gasteiger partial charge in [-0.2, -0.15) is 18.3 Å². The van der Waals surface area contributed by atoms with Crippen LogP contribution in [-0.4, -0.2) is 18.7 Å². The van der Waals surface area contributed by atoms with Crippen LogP contribution in [0.4, 0.5) is 0 Å². The van der Waals surface area contributed by atoms with Gasteiger partial charge in [0, 0.05) is 0 Å². The molecule has 0 saturated heterocycles. The Bertz CT molecular complexity index is 148. The van der Waals surface area contributed by atoms with Crippen molar-refractivity contribution in [3.05, 3.63) is 12.7 Å².